The number of carbonyl (C=O) groups is 9. The van der Waals surface area contributed by atoms with Crippen molar-refractivity contribution >= 4 is 71.1 Å². The summed E-state index contributed by atoms with van der Waals surface area (Å²) in [6.45, 7) is 7.10. The third-order valence-corrected chi connectivity index (χ3v) is 13.0. The number of aliphatic hydroxyl groups excluding tert-OH is 1. The molecule has 1 aromatic carbocycles. The first-order chi connectivity index (χ1) is 38.9. The van der Waals surface area contributed by atoms with Crippen molar-refractivity contribution in [3.63, 3.8) is 0 Å². The van der Waals surface area contributed by atoms with Gasteiger partial charge in [-0.1, -0.05) is 58.0 Å². The number of aliphatic imine (C=N–C) groups is 3. The van der Waals surface area contributed by atoms with Crippen molar-refractivity contribution in [3.05, 3.63) is 35.9 Å². The second-order valence-electron chi connectivity index (χ2n) is 20.8. The molecule has 0 spiro atoms. The lowest BCUT2D eigenvalue weighted by atomic mass is 9.98. The Morgan fingerprint density at radius 2 is 0.976 bits per heavy atom. The highest BCUT2D eigenvalue weighted by Gasteiger charge is 2.36. The highest BCUT2D eigenvalue weighted by Crippen LogP contribution is 2.13. The summed E-state index contributed by atoms with van der Waals surface area (Å²) in [7, 11) is 0. The number of carboxylic acids is 1. The topological polar surface area (TPSA) is 522 Å². The molecule has 1 heterocycles. The van der Waals surface area contributed by atoms with E-state index in [9.17, 15) is 53.4 Å². The molecule has 0 aliphatic carbocycles. The number of aliphatic hydroxyl groups is 1. The van der Waals surface area contributed by atoms with Crippen LogP contribution in [-0.2, 0) is 49.6 Å². The number of benzene rings is 1. The maximum atomic E-state index is 14.4. The van der Waals surface area contributed by atoms with Crippen molar-refractivity contribution in [1.82, 2.24) is 47.9 Å². The monoisotopic (exact) mass is 1160 g/mol. The van der Waals surface area contributed by atoms with Gasteiger partial charge in [-0.2, -0.15) is 0 Å². The van der Waals surface area contributed by atoms with Crippen molar-refractivity contribution < 1.29 is 53.4 Å². The third kappa shape index (κ3) is 27.5. The van der Waals surface area contributed by atoms with Gasteiger partial charge in [0, 0.05) is 26.1 Å². The fourth-order valence-corrected chi connectivity index (χ4v) is 8.62. The van der Waals surface area contributed by atoms with Crippen LogP contribution < -0.4 is 88.0 Å². The molecule has 9 atom stereocenters. The van der Waals surface area contributed by atoms with E-state index in [1.54, 1.807) is 58.0 Å². The first-order valence-corrected chi connectivity index (χ1v) is 27.8. The fourth-order valence-electron chi connectivity index (χ4n) is 8.62. The van der Waals surface area contributed by atoms with Crippen LogP contribution in [0.15, 0.2) is 45.3 Å². The fraction of sp³-hybridized carbons (Fsp3) is 0.654. The number of guanidine groups is 3. The van der Waals surface area contributed by atoms with Gasteiger partial charge >= 0.3 is 5.97 Å². The number of hydrogen-bond donors (Lipinski definition) is 18. The zero-order valence-corrected chi connectivity index (χ0v) is 47.6. The zero-order chi connectivity index (χ0) is 61.3. The molecule has 25 N–H and O–H groups in total. The van der Waals surface area contributed by atoms with Gasteiger partial charge in [0.15, 0.2) is 17.9 Å². The van der Waals surface area contributed by atoms with E-state index in [1.807, 2.05) is 0 Å². The van der Waals surface area contributed by atoms with Crippen molar-refractivity contribution in [2.45, 2.75) is 166 Å². The molecule has 2 rings (SSSR count). The number of aliphatic carboxylic acids is 1. The predicted octanol–water partition coefficient (Wildman–Crippen LogP) is -5.07. The van der Waals surface area contributed by atoms with Crippen LogP contribution in [0, 0.1) is 11.8 Å². The van der Waals surface area contributed by atoms with Crippen LogP contribution in [0.5, 0.6) is 0 Å². The molecule has 1 aliphatic heterocycles. The van der Waals surface area contributed by atoms with Gasteiger partial charge in [-0.15, -0.1) is 0 Å². The van der Waals surface area contributed by atoms with Gasteiger partial charge in [0.05, 0.1) is 12.6 Å². The normalized spacial score (nSPS) is 15.8. The highest BCUT2D eigenvalue weighted by atomic mass is 16.4. The van der Waals surface area contributed by atoms with Gasteiger partial charge in [0.1, 0.15) is 48.3 Å². The first kappa shape index (κ1) is 70.2. The van der Waals surface area contributed by atoms with Crippen LogP contribution in [-0.4, -0.2) is 175 Å². The number of carbonyl (C=O) groups excluding carboxylic acids is 8. The summed E-state index contributed by atoms with van der Waals surface area (Å²) >= 11 is 0. The van der Waals surface area contributed by atoms with E-state index in [4.69, 9.17) is 40.1 Å². The number of amides is 8. The summed E-state index contributed by atoms with van der Waals surface area (Å²) in [4.78, 5) is 136. The predicted molar refractivity (Wildman–Crippen MR) is 308 cm³/mol. The van der Waals surface area contributed by atoms with Gasteiger partial charge in [-0.25, -0.2) is 4.79 Å². The minimum Gasteiger partial charge on any atom is -0.480 e. The molecule has 1 aliphatic rings. The van der Waals surface area contributed by atoms with Crippen molar-refractivity contribution in [2.75, 3.05) is 39.3 Å². The van der Waals surface area contributed by atoms with Crippen LogP contribution >= 0.6 is 0 Å². The summed E-state index contributed by atoms with van der Waals surface area (Å²) in [5, 5.41) is 44.4. The minimum atomic E-state index is -1.61. The van der Waals surface area contributed by atoms with Crippen LogP contribution in [0.2, 0.25) is 0 Å². The van der Waals surface area contributed by atoms with Gasteiger partial charge in [-0.3, -0.25) is 53.3 Å². The van der Waals surface area contributed by atoms with Gasteiger partial charge in [-0.05, 0) is 108 Å². The summed E-state index contributed by atoms with van der Waals surface area (Å²) in [6, 6.07) is -2.80. The number of hydrogen-bond acceptors (Lipinski definition) is 15. The van der Waals surface area contributed by atoms with Gasteiger partial charge in [0.25, 0.3) is 0 Å². The molecule has 1 fully saturated rings. The van der Waals surface area contributed by atoms with Crippen molar-refractivity contribution in [3.8, 4) is 0 Å². The second kappa shape index (κ2) is 38.0. The summed E-state index contributed by atoms with van der Waals surface area (Å²) in [6.07, 6.45) is 2.70. The molecular formula is C52H91N19O11. The van der Waals surface area contributed by atoms with Crippen molar-refractivity contribution in [1.29, 1.82) is 0 Å². The number of nitrogens with zero attached hydrogens (tertiary/aromatic N) is 3. The first-order valence-electron chi connectivity index (χ1n) is 27.8. The molecule has 0 radical (unpaired) electrons. The molecular weight excluding hydrogens is 1070 g/mol. The lowest BCUT2D eigenvalue weighted by Crippen LogP contribution is -2.61. The molecule has 1 aromatic rings. The van der Waals surface area contributed by atoms with E-state index in [-0.39, 0.29) is 101 Å². The number of carboxylic acid groups (broad SMARTS) is 1. The largest absolute Gasteiger partial charge is 0.480 e. The average Bonchev–Trinajstić information content (AvgIpc) is 4.01. The Morgan fingerprint density at radius 3 is 1.43 bits per heavy atom. The summed E-state index contributed by atoms with van der Waals surface area (Å²) < 4.78 is 0. The maximum absolute atomic E-state index is 14.4. The molecule has 30 heteroatoms. The van der Waals surface area contributed by atoms with Crippen LogP contribution in [0.25, 0.3) is 0 Å². The van der Waals surface area contributed by atoms with E-state index < -0.39 is 120 Å². The molecule has 82 heavy (non-hydrogen) atoms. The Bertz CT molecular complexity index is 2310. The Balaban J connectivity index is 2.44. The van der Waals surface area contributed by atoms with E-state index in [0.29, 0.717) is 37.9 Å². The van der Waals surface area contributed by atoms with Crippen LogP contribution in [0.3, 0.4) is 0 Å². The van der Waals surface area contributed by atoms with Crippen LogP contribution in [0.4, 0.5) is 0 Å². The Hall–Kier alpha value is -7.86. The molecule has 0 bridgehead atoms. The molecule has 8 amide bonds. The number of nitrogens with two attached hydrogens (primary N) is 7. The second-order valence-corrected chi connectivity index (χ2v) is 20.8. The van der Waals surface area contributed by atoms with Crippen LogP contribution in [0.1, 0.15) is 110 Å². The molecule has 460 valence electrons. The Labute approximate surface area is 478 Å². The molecule has 0 saturated carbocycles. The molecule has 0 aromatic heterocycles. The SMILES string of the molecule is CC(C)C[C@H](NC(=O)[C@H](Cc1ccccc1)NC(=O)[C@H](CO)NC(=O)[C@H](CCCN=C(N)N)NC(=O)[C@@H]1CCCN1)C(=O)N[C@H](C(=O)N[C@@H](CCCN=C(N)N)C(=O)N[C@@H](CCCN=C(N)N)C(=O)N[C@@H](CCCCN)C(=O)O)C(C)C. The number of rotatable bonds is 39. The van der Waals surface area contributed by atoms with E-state index in [1.165, 1.54) is 0 Å². The highest BCUT2D eigenvalue weighted by molar-refractivity contribution is 5.98. The van der Waals surface area contributed by atoms with E-state index in [0.717, 1.165) is 6.42 Å². The Kier molecular flexibility index (Phi) is 32.5. The maximum Gasteiger partial charge on any atom is 0.326 e. The lowest BCUT2D eigenvalue weighted by molar-refractivity contribution is -0.142. The molecule has 0 unspecified atom stereocenters. The van der Waals surface area contributed by atoms with Gasteiger partial charge < -0.3 is 98.2 Å². The lowest BCUT2D eigenvalue weighted by Gasteiger charge is -2.29. The number of nitrogens with one attached hydrogen (secondary N) is 9. The Morgan fingerprint density at radius 1 is 0.549 bits per heavy atom. The van der Waals surface area contributed by atoms with E-state index >= 15 is 0 Å². The minimum absolute atomic E-state index is 0.0379. The average molecular weight is 1160 g/mol. The summed E-state index contributed by atoms with van der Waals surface area (Å²) in [5.41, 5.74) is 39.1. The molecule has 30 nitrogen and oxygen atoms in total. The molecule has 1 saturated heterocycles. The quantitative estimate of drug-likeness (QED) is 0.0167. The van der Waals surface area contributed by atoms with E-state index in [2.05, 4.69) is 62.8 Å². The number of unbranched alkanes of at least 4 members (excludes halogenated alkanes) is 1. The van der Waals surface area contributed by atoms with Gasteiger partial charge in [0.2, 0.25) is 47.3 Å². The zero-order valence-electron chi connectivity index (χ0n) is 47.6. The standard InChI is InChI=1S/C52H91N19O11/c1-29(2)26-37(68-45(77)38(27-31-14-6-5-7-15-31)69-47(79)39(28-72)70-44(76)34(19-12-24-62-51(56)57)64-41(73)32-17-10-22-60-32)46(78)71-40(30(3)4)48(80)66-35(20-13-25-63-52(58)59)42(74)65-33(18-11-23-61-50(54)55)43(75)67-36(49(81)82)16-8-9-21-53/h5-7,14-15,29-30,32-40,60,72H,8-13,16-28,53H2,1-4H3,(H,64,73)(H,65,74)(H,66,80)(H,67,75)(H,68,77)(H,69,79)(H,70,76)(H,71,78)(H,81,82)(H4,54,55,61)(H4,56,57,62)(H4,58,59,63)/t32-,33-,34-,35-,36-,37-,38-,39-,40-/m0/s1. The smallest absolute Gasteiger partial charge is 0.326 e. The summed E-state index contributed by atoms with van der Waals surface area (Å²) in [5.74, 6) is -9.07. The third-order valence-electron chi connectivity index (χ3n) is 13.0. The van der Waals surface area contributed by atoms with Crippen molar-refractivity contribution in [2.24, 2.45) is 66.9 Å².